The third kappa shape index (κ3) is 2.46. The number of hydrogen-bond donors (Lipinski definition) is 0. The van der Waals surface area contributed by atoms with E-state index in [-0.39, 0.29) is 10.9 Å². The average Bonchev–Trinajstić information content (AvgIpc) is 3.18. The SMILES string of the molecule is CCn1nccc1S(=O)(=O)N1CC[C@H](c2nc(C)no2)C1. The van der Waals surface area contributed by atoms with Crippen molar-refractivity contribution in [2.45, 2.75) is 37.8 Å². The summed E-state index contributed by atoms with van der Waals surface area (Å²) in [5.74, 6) is 1.03. The van der Waals surface area contributed by atoms with Gasteiger partial charge in [-0.25, -0.2) is 8.42 Å². The highest BCUT2D eigenvalue weighted by molar-refractivity contribution is 7.89. The third-order valence-electron chi connectivity index (χ3n) is 3.62. The van der Waals surface area contributed by atoms with Gasteiger partial charge < -0.3 is 4.52 Å². The van der Waals surface area contributed by atoms with E-state index in [2.05, 4.69) is 15.2 Å². The van der Waals surface area contributed by atoms with E-state index in [1.54, 1.807) is 6.92 Å². The lowest BCUT2D eigenvalue weighted by Gasteiger charge is -2.16. The Morgan fingerprint density at radius 3 is 2.95 bits per heavy atom. The first-order valence-corrected chi connectivity index (χ1v) is 8.28. The largest absolute Gasteiger partial charge is 0.339 e. The standard InChI is InChI=1S/C12H17N5O3S/c1-3-17-11(4-6-13-17)21(18,19)16-7-5-10(8-16)12-14-9(2)15-20-12/h4,6,10H,3,5,7-8H2,1-2H3/t10-/m0/s1. The summed E-state index contributed by atoms with van der Waals surface area (Å²) < 4.78 is 33.4. The van der Waals surface area contributed by atoms with Crippen LogP contribution < -0.4 is 0 Å². The number of rotatable bonds is 4. The quantitative estimate of drug-likeness (QED) is 0.828. The molecule has 2 aromatic heterocycles. The molecule has 0 bridgehead atoms. The van der Waals surface area contributed by atoms with Crippen LogP contribution in [0.25, 0.3) is 0 Å². The lowest BCUT2D eigenvalue weighted by molar-refractivity contribution is 0.351. The van der Waals surface area contributed by atoms with Crippen LogP contribution in [0.15, 0.2) is 21.8 Å². The molecule has 0 aliphatic carbocycles. The van der Waals surface area contributed by atoms with E-state index >= 15 is 0 Å². The zero-order valence-electron chi connectivity index (χ0n) is 11.9. The normalized spacial score (nSPS) is 20.2. The minimum atomic E-state index is -3.53. The minimum absolute atomic E-state index is 0.0426. The molecule has 0 saturated carbocycles. The average molecular weight is 311 g/mol. The van der Waals surface area contributed by atoms with Crippen LogP contribution in [0.1, 0.15) is 31.0 Å². The molecular formula is C12H17N5O3S. The van der Waals surface area contributed by atoms with Crippen LogP contribution in [0.3, 0.4) is 0 Å². The molecule has 9 heteroatoms. The number of nitrogens with zero attached hydrogens (tertiary/aromatic N) is 5. The van der Waals surface area contributed by atoms with Crippen molar-refractivity contribution < 1.29 is 12.9 Å². The Morgan fingerprint density at radius 2 is 2.29 bits per heavy atom. The van der Waals surface area contributed by atoms with E-state index in [9.17, 15) is 8.42 Å². The van der Waals surface area contributed by atoms with E-state index in [1.165, 1.54) is 21.3 Å². The maximum absolute atomic E-state index is 12.7. The summed E-state index contributed by atoms with van der Waals surface area (Å²) in [7, 11) is -3.53. The number of sulfonamides is 1. The fourth-order valence-corrected chi connectivity index (χ4v) is 4.20. The Kier molecular flexibility index (Phi) is 3.54. The number of hydrogen-bond acceptors (Lipinski definition) is 6. The summed E-state index contributed by atoms with van der Waals surface area (Å²) in [6.07, 6.45) is 2.19. The summed E-state index contributed by atoms with van der Waals surface area (Å²) in [5.41, 5.74) is 0. The highest BCUT2D eigenvalue weighted by atomic mass is 32.2. The van der Waals surface area contributed by atoms with Gasteiger partial charge in [0, 0.05) is 19.6 Å². The first-order valence-electron chi connectivity index (χ1n) is 6.84. The molecule has 114 valence electrons. The molecule has 3 heterocycles. The van der Waals surface area contributed by atoms with E-state index in [0.29, 0.717) is 37.8 Å². The number of aryl methyl sites for hydroxylation is 2. The molecule has 0 unspecified atom stereocenters. The molecule has 1 saturated heterocycles. The summed E-state index contributed by atoms with van der Waals surface area (Å²) in [5, 5.41) is 8.01. The lowest BCUT2D eigenvalue weighted by atomic mass is 10.1. The van der Waals surface area contributed by atoms with E-state index in [1.807, 2.05) is 6.92 Å². The zero-order chi connectivity index (χ0) is 15.0. The van der Waals surface area contributed by atoms with Crippen LogP contribution in [0, 0.1) is 6.92 Å². The van der Waals surface area contributed by atoms with E-state index < -0.39 is 10.0 Å². The van der Waals surface area contributed by atoms with Gasteiger partial charge in [0.25, 0.3) is 10.0 Å². The predicted molar refractivity (Wildman–Crippen MR) is 73.1 cm³/mol. The predicted octanol–water partition coefficient (Wildman–Crippen LogP) is 0.773. The van der Waals surface area contributed by atoms with Gasteiger partial charge in [0.15, 0.2) is 10.9 Å². The van der Waals surface area contributed by atoms with Crippen molar-refractivity contribution in [2.75, 3.05) is 13.1 Å². The lowest BCUT2D eigenvalue weighted by Crippen LogP contribution is -2.30. The Morgan fingerprint density at radius 1 is 1.48 bits per heavy atom. The Bertz CT molecular complexity index is 736. The van der Waals surface area contributed by atoms with Gasteiger partial charge in [0.2, 0.25) is 5.89 Å². The van der Waals surface area contributed by atoms with Gasteiger partial charge in [-0.05, 0) is 26.3 Å². The third-order valence-corrected chi connectivity index (χ3v) is 5.51. The second kappa shape index (κ2) is 5.23. The highest BCUT2D eigenvalue weighted by Gasteiger charge is 2.37. The van der Waals surface area contributed by atoms with Crippen molar-refractivity contribution in [2.24, 2.45) is 0 Å². The Hall–Kier alpha value is -1.74. The Balaban J connectivity index is 1.82. The Labute approximate surface area is 122 Å². The smallest absolute Gasteiger partial charge is 0.260 e. The summed E-state index contributed by atoms with van der Waals surface area (Å²) >= 11 is 0. The van der Waals surface area contributed by atoms with Gasteiger partial charge >= 0.3 is 0 Å². The first kappa shape index (κ1) is 14.2. The van der Waals surface area contributed by atoms with Crippen LogP contribution in [0.5, 0.6) is 0 Å². The van der Waals surface area contributed by atoms with E-state index in [0.717, 1.165) is 0 Å². The second-order valence-electron chi connectivity index (χ2n) is 5.01. The molecular weight excluding hydrogens is 294 g/mol. The van der Waals surface area contributed by atoms with Crippen LogP contribution in [0.4, 0.5) is 0 Å². The van der Waals surface area contributed by atoms with Gasteiger partial charge in [-0.3, -0.25) is 4.68 Å². The molecule has 0 amide bonds. The van der Waals surface area contributed by atoms with Crippen LogP contribution in [-0.2, 0) is 16.6 Å². The van der Waals surface area contributed by atoms with Crippen LogP contribution in [0.2, 0.25) is 0 Å². The van der Waals surface area contributed by atoms with Crippen LogP contribution >= 0.6 is 0 Å². The monoisotopic (exact) mass is 311 g/mol. The van der Waals surface area contributed by atoms with Crippen molar-refractivity contribution >= 4 is 10.0 Å². The molecule has 21 heavy (non-hydrogen) atoms. The molecule has 8 nitrogen and oxygen atoms in total. The fourth-order valence-electron chi connectivity index (χ4n) is 2.54. The van der Waals surface area contributed by atoms with Crippen molar-refractivity contribution in [1.29, 1.82) is 0 Å². The van der Waals surface area contributed by atoms with Gasteiger partial charge in [0.1, 0.15) is 0 Å². The summed E-state index contributed by atoms with van der Waals surface area (Å²) in [6.45, 7) is 4.93. The fraction of sp³-hybridized carbons (Fsp3) is 0.583. The molecule has 1 aliphatic rings. The summed E-state index contributed by atoms with van der Waals surface area (Å²) in [4.78, 5) is 4.19. The summed E-state index contributed by atoms with van der Waals surface area (Å²) in [6, 6.07) is 1.53. The highest BCUT2D eigenvalue weighted by Crippen LogP contribution is 2.30. The molecule has 0 N–H and O–H groups in total. The molecule has 1 aliphatic heterocycles. The van der Waals surface area contributed by atoms with Gasteiger partial charge in [-0.15, -0.1) is 0 Å². The zero-order valence-corrected chi connectivity index (χ0v) is 12.7. The maximum atomic E-state index is 12.7. The van der Waals surface area contributed by atoms with Crippen molar-refractivity contribution in [1.82, 2.24) is 24.2 Å². The van der Waals surface area contributed by atoms with Crippen molar-refractivity contribution in [3.05, 3.63) is 24.0 Å². The van der Waals surface area contributed by atoms with E-state index in [4.69, 9.17) is 4.52 Å². The first-order chi connectivity index (χ1) is 10.0. The van der Waals surface area contributed by atoms with Gasteiger partial charge in [-0.1, -0.05) is 5.16 Å². The second-order valence-corrected chi connectivity index (χ2v) is 6.90. The molecule has 0 spiro atoms. The van der Waals surface area contributed by atoms with Gasteiger partial charge in [-0.2, -0.15) is 14.4 Å². The van der Waals surface area contributed by atoms with Crippen molar-refractivity contribution in [3.8, 4) is 0 Å². The number of aromatic nitrogens is 4. The van der Waals surface area contributed by atoms with Crippen LogP contribution in [-0.4, -0.2) is 45.7 Å². The minimum Gasteiger partial charge on any atom is -0.339 e. The van der Waals surface area contributed by atoms with Gasteiger partial charge in [0.05, 0.1) is 12.1 Å². The molecule has 1 atom stereocenters. The molecule has 3 rings (SSSR count). The molecule has 1 fully saturated rings. The topological polar surface area (TPSA) is 94.1 Å². The molecule has 0 radical (unpaired) electrons. The molecule has 2 aromatic rings. The molecule has 0 aromatic carbocycles. The maximum Gasteiger partial charge on any atom is 0.260 e. The van der Waals surface area contributed by atoms with Crippen molar-refractivity contribution in [3.63, 3.8) is 0 Å².